The molecule has 1 saturated carbocycles. The van der Waals surface area contributed by atoms with Crippen molar-refractivity contribution in [3.8, 4) is 11.3 Å². The second-order valence-corrected chi connectivity index (χ2v) is 7.14. The number of fused-ring (bicyclic) bond motifs is 1. The van der Waals surface area contributed by atoms with Gasteiger partial charge in [-0.1, -0.05) is 30.3 Å². The van der Waals surface area contributed by atoms with E-state index in [9.17, 15) is 0 Å². The predicted molar refractivity (Wildman–Crippen MR) is 99.1 cm³/mol. The van der Waals surface area contributed by atoms with E-state index in [1.54, 1.807) is 0 Å². The Morgan fingerprint density at radius 1 is 1.08 bits per heavy atom. The Hall–Kier alpha value is -2.40. The highest BCUT2D eigenvalue weighted by atomic mass is 15.3. The average molecular weight is 333 g/mol. The minimum atomic E-state index is -0.282. The smallest absolute Gasteiger partial charge is 0.174 e. The van der Waals surface area contributed by atoms with Crippen LogP contribution in [-0.2, 0) is 13.0 Å². The molecule has 3 heterocycles. The van der Waals surface area contributed by atoms with E-state index in [1.807, 2.05) is 6.07 Å². The van der Waals surface area contributed by atoms with Gasteiger partial charge in [0.2, 0.25) is 0 Å². The summed E-state index contributed by atoms with van der Waals surface area (Å²) in [4.78, 5) is 7.02. The van der Waals surface area contributed by atoms with Crippen molar-refractivity contribution < 1.29 is 0 Å². The van der Waals surface area contributed by atoms with Crippen LogP contribution in [0.4, 0.5) is 0 Å². The minimum Gasteiger partial charge on any atom is -0.341 e. The number of aliphatic imine (C=N–C) groups is 1. The van der Waals surface area contributed by atoms with Crippen LogP contribution in [0, 0.1) is 0 Å². The maximum atomic E-state index is 6.34. The van der Waals surface area contributed by atoms with Gasteiger partial charge < -0.3 is 4.90 Å². The molecule has 3 aliphatic rings. The van der Waals surface area contributed by atoms with Gasteiger partial charge in [0.1, 0.15) is 5.69 Å². The number of hydrogen-bond acceptors (Lipinski definition) is 4. The number of aromatic nitrogens is 2. The van der Waals surface area contributed by atoms with Crippen LogP contribution < -0.4 is 5.73 Å². The van der Waals surface area contributed by atoms with E-state index in [-0.39, 0.29) is 6.29 Å². The molecule has 5 heteroatoms. The van der Waals surface area contributed by atoms with Gasteiger partial charge in [0, 0.05) is 35.6 Å². The summed E-state index contributed by atoms with van der Waals surface area (Å²) in [5.41, 5.74) is 12.0. The summed E-state index contributed by atoms with van der Waals surface area (Å²) >= 11 is 0. The third-order valence-corrected chi connectivity index (χ3v) is 5.34. The highest BCUT2D eigenvalue weighted by Gasteiger charge is 2.33. The lowest BCUT2D eigenvalue weighted by molar-refractivity contribution is 0.276. The molecule has 0 saturated heterocycles. The average Bonchev–Trinajstić information content (AvgIpc) is 3.41. The van der Waals surface area contributed by atoms with Crippen LogP contribution in [0.5, 0.6) is 0 Å². The fourth-order valence-electron chi connectivity index (χ4n) is 3.91. The largest absolute Gasteiger partial charge is 0.341 e. The molecule has 5 nitrogen and oxygen atoms in total. The zero-order valence-corrected chi connectivity index (χ0v) is 14.3. The molecule has 1 atom stereocenters. The third-order valence-electron chi connectivity index (χ3n) is 5.34. The van der Waals surface area contributed by atoms with Gasteiger partial charge in [0.05, 0.1) is 5.71 Å². The molecule has 1 aromatic carbocycles. The van der Waals surface area contributed by atoms with Crippen LogP contribution in [0.2, 0.25) is 0 Å². The summed E-state index contributed by atoms with van der Waals surface area (Å²) in [6, 6.07) is 11.0. The molecular weight excluding hydrogens is 310 g/mol. The van der Waals surface area contributed by atoms with Gasteiger partial charge in [-0.25, -0.2) is 4.99 Å². The van der Waals surface area contributed by atoms with Crippen LogP contribution in [0.15, 0.2) is 47.6 Å². The van der Waals surface area contributed by atoms with Gasteiger partial charge in [-0.15, -0.1) is 0 Å². The standard InChI is InChI=1S/C20H23N5/c21-20-22-16(11-13-24(20)15-9-10-15)18-17-8-4-5-12-25(17)23-19(18)14-6-2-1-3-7-14/h1-3,6-7,11,13,15,20H,4-5,8-10,12,21H2. The quantitative estimate of drug-likeness (QED) is 0.939. The maximum Gasteiger partial charge on any atom is 0.174 e. The number of aryl methyl sites for hydroxylation is 1. The van der Waals surface area contributed by atoms with Crippen molar-refractivity contribution in [1.29, 1.82) is 0 Å². The van der Waals surface area contributed by atoms with Gasteiger partial charge in [0.15, 0.2) is 6.29 Å². The Kier molecular flexibility index (Phi) is 3.48. The highest BCUT2D eigenvalue weighted by molar-refractivity contribution is 6.13. The number of rotatable bonds is 3. The second kappa shape index (κ2) is 5.85. The van der Waals surface area contributed by atoms with Crippen molar-refractivity contribution in [1.82, 2.24) is 14.7 Å². The molecule has 1 unspecified atom stereocenters. The normalized spacial score (nSPS) is 22.7. The molecule has 1 aromatic heterocycles. The molecule has 1 aliphatic carbocycles. The molecule has 1 fully saturated rings. The summed E-state index contributed by atoms with van der Waals surface area (Å²) in [6.45, 7) is 0.992. The van der Waals surface area contributed by atoms with Gasteiger partial charge >= 0.3 is 0 Å². The molecule has 0 amide bonds. The van der Waals surface area contributed by atoms with Crippen molar-refractivity contribution in [2.45, 2.75) is 51.0 Å². The number of nitrogens with two attached hydrogens (primary N) is 1. The van der Waals surface area contributed by atoms with Crippen molar-refractivity contribution in [3.05, 3.63) is 53.9 Å². The van der Waals surface area contributed by atoms with Gasteiger partial charge in [0.25, 0.3) is 0 Å². The monoisotopic (exact) mass is 333 g/mol. The Labute approximate surface area is 147 Å². The van der Waals surface area contributed by atoms with Gasteiger partial charge in [-0.3, -0.25) is 10.4 Å². The molecule has 128 valence electrons. The zero-order valence-electron chi connectivity index (χ0n) is 14.3. The zero-order chi connectivity index (χ0) is 16.8. The number of hydrogen-bond donors (Lipinski definition) is 1. The summed E-state index contributed by atoms with van der Waals surface area (Å²) in [7, 11) is 0. The number of nitrogens with zero attached hydrogens (tertiary/aromatic N) is 4. The van der Waals surface area contributed by atoms with E-state index >= 15 is 0 Å². The molecule has 0 spiro atoms. The molecule has 2 aliphatic heterocycles. The summed E-state index contributed by atoms with van der Waals surface area (Å²) in [5.74, 6) is 0. The first-order chi connectivity index (χ1) is 12.3. The lowest BCUT2D eigenvalue weighted by Crippen LogP contribution is -2.41. The lowest BCUT2D eigenvalue weighted by atomic mass is 9.97. The summed E-state index contributed by atoms with van der Waals surface area (Å²) in [5, 5.41) is 4.94. The molecule has 2 N–H and O–H groups in total. The van der Waals surface area contributed by atoms with Crippen molar-refractivity contribution in [3.63, 3.8) is 0 Å². The molecule has 0 radical (unpaired) electrons. The third kappa shape index (κ3) is 2.59. The summed E-state index contributed by atoms with van der Waals surface area (Å²) in [6.07, 6.45) is 9.89. The fourth-order valence-corrected chi connectivity index (χ4v) is 3.91. The van der Waals surface area contributed by atoms with Crippen molar-refractivity contribution in [2.24, 2.45) is 10.7 Å². The van der Waals surface area contributed by atoms with E-state index in [0.29, 0.717) is 6.04 Å². The molecule has 25 heavy (non-hydrogen) atoms. The van der Waals surface area contributed by atoms with E-state index in [4.69, 9.17) is 15.8 Å². The SMILES string of the molecule is NC1N=C(c2c(-c3ccccc3)nn3c2CCCC3)C=CN1C1CC1. The first-order valence-electron chi connectivity index (χ1n) is 9.26. The van der Waals surface area contributed by atoms with E-state index in [1.165, 1.54) is 36.9 Å². The molecule has 5 rings (SSSR count). The van der Waals surface area contributed by atoms with E-state index < -0.39 is 0 Å². The maximum absolute atomic E-state index is 6.34. The Morgan fingerprint density at radius 3 is 2.68 bits per heavy atom. The van der Waals surface area contributed by atoms with Crippen LogP contribution in [-0.4, -0.2) is 32.7 Å². The number of allylic oxidation sites excluding steroid dienone is 1. The predicted octanol–water partition coefficient (Wildman–Crippen LogP) is 2.91. The van der Waals surface area contributed by atoms with E-state index in [0.717, 1.165) is 29.9 Å². The second-order valence-electron chi connectivity index (χ2n) is 7.14. The van der Waals surface area contributed by atoms with Gasteiger partial charge in [-0.05, 0) is 38.2 Å². The molecule has 2 aromatic rings. The van der Waals surface area contributed by atoms with E-state index in [2.05, 4.69) is 46.1 Å². The van der Waals surface area contributed by atoms with Crippen LogP contribution in [0.1, 0.15) is 36.9 Å². The Morgan fingerprint density at radius 2 is 1.92 bits per heavy atom. The summed E-state index contributed by atoms with van der Waals surface area (Å²) < 4.78 is 2.18. The van der Waals surface area contributed by atoms with Crippen LogP contribution in [0.3, 0.4) is 0 Å². The van der Waals surface area contributed by atoms with Crippen molar-refractivity contribution >= 4 is 5.71 Å². The highest BCUT2D eigenvalue weighted by Crippen LogP contribution is 2.33. The van der Waals surface area contributed by atoms with Crippen LogP contribution >= 0.6 is 0 Å². The first-order valence-corrected chi connectivity index (χ1v) is 9.26. The molecular formula is C20H23N5. The number of benzene rings is 1. The lowest BCUT2D eigenvalue weighted by Gasteiger charge is -2.28. The van der Waals surface area contributed by atoms with Crippen LogP contribution in [0.25, 0.3) is 11.3 Å². The Bertz CT molecular complexity index is 844. The Balaban J connectivity index is 1.61. The fraction of sp³-hybridized carbons (Fsp3) is 0.400. The molecule has 0 bridgehead atoms. The topological polar surface area (TPSA) is 59.4 Å². The van der Waals surface area contributed by atoms with Gasteiger partial charge in [-0.2, -0.15) is 5.10 Å². The van der Waals surface area contributed by atoms with Crippen molar-refractivity contribution in [2.75, 3.05) is 0 Å². The first kappa shape index (κ1) is 14.9. The minimum absolute atomic E-state index is 0.282.